The van der Waals surface area contributed by atoms with Crippen molar-refractivity contribution < 1.29 is 4.79 Å². The van der Waals surface area contributed by atoms with Crippen LogP contribution in [0.3, 0.4) is 0 Å². The highest BCUT2D eigenvalue weighted by molar-refractivity contribution is 5.93. The molecule has 3 nitrogen and oxygen atoms in total. The Morgan fingerprint density at radius 1 is 1.38 bits per heavy atom. The number of rotatable bonds is 1. The molecule has 0 aromatic carbocycles. The molecule has 3 heteroatoms. The zero-order valence-electron chi connectivity index (χ0n) is 7.55. The molecule has 2 heterocycles. The summed E-state index contributed by atoms with van der Waals surface area (Å²) >= 11 is 0. The van der Waals surface area contributed by atoms with E-state index in [1.54, 1.807) is 0 Å². The molecule has 0 spiro atoms. The number of hydrogen-bond acceptors (Lipinski definition) is 2. The molecule has 2 bridgehead atoms. The molecule has 0 aromatic rings. The summed E-state index contributed by atoms with van der Waals surface area (Å²) in [6.45, 7) is 0. The lowest BCUT2D eigenvalue weighted by atomic mass is 10.00. The van der Waals surface area contributed by atoms with Crippen molar-refractivity contribution in [3.8, 4) is 12.3 Å². The van der Waals surface area contributed by atoms with Crippen molar-refractivity contribution in [3.63, 3.8) is 0 Å². The summed E-state index contributed by atoms with van der Waals surface area (Å²) in [7, 11) is 0. The highest BCUT2D eigenvalue weighted by Crippen LogP contribution is 2.26. The molecule has 2 aliphatic rings. The second-order valence-electron chi connectivity index (χ2n) is 3.92. The molecule has 0 radical (unpaired) electrons. The van der Waals surface area contributed by atoms with Gasteiger partial charge in [0.2, 0.25) is 0 Å². The second-order valence-corrected chi connectivity index (χ2v) is 3.92. The molecule has 1 amide bonds. The lowest BCUT2D eigenvalue weighted by molar-refractivity contribution is -0.116. The van der Waals surface area contributed by atoms with Crippen LogP contribution in [-0.2, 0) is 4.79 Å². The van der Waals surface area contributed by atoms with Crippen molar-refractivity contribution in [2.24, 2.45) is 0 Å². The Morgan fingerprint density at radius 3 is 2.54 bits per heavy atom. The molecule has 0 aromatic heterocycles. The standard InChI is InChI=1S/C10H14N2O/c1-2-10(13)12-9-5-7-3-4-8(6-9)11-7/h1,7-9,11H,3-6H2,(H,12,13). The van der Waals surface area contributed by atoms with Crippen LogP contribution in [0.1, 0.15) is 25.7 Å². The third kappa shape index (κ3) is 1.84. The average molecular weight is 178 g/mol. The highest BCUT2D eigenvalue weighted by atomic mass is 16.1. The predicted octanol–water partition coefficient (Wildman–Crippen LogP) is 0.0188. The topological polar surface area (TPSA) is 41.1 Å². The van der Waals surface area contributed by atoms with E-state index in [2.05, 4.69) is 16.6 Å². The fraction of sp³-hybridized carbons (Fsp3) is 0.700. The number of hydrogen-bond donors (Lipinski definition) is 2. The van der Waals surface area contributed by atoms with Crippen molar-refractivity contribution >= 4 is 5.91 Å². The van der Waals surface area contributed by atoms with Crippen LogP contribution in [-0.4, -0.2) is 24.0 Å². The van der Waals surface area contributed by atoms with Crippen LogP contribution in [0.5, 0.6) is 0 Å². The van der Waals surface area contributed by atoms with E-state index in [0.29, 0.717) is 18.1 Å². The molecule has 13 heavy (non-hydrogen) atoms. The SMILES string of the molecule is C#CC(=O)NC1CC2CCC(C1)N2. The van der Waals surface area contributed by atoms with Crippen LogP contribution in [0.2, 0.25) is 0 Å². The summed E-state index contributed by atoms with van der Waals surface area (Å²) in [4.78, 5) is 10.9. The Kier molecular flexibility index (Phi) is 2.24. The maximum atomic E-state index is 10.9. The van der Waals surface area contributed by atoms with Gasteiger partial charge in [0, 0.05) is 18.1 Å². The summed E-state index contributed by atoms with van der Waals surface area (Å²) in [6, 6.07) is 1.49. The normalized spacial score (nSPS) is 36.7. The molecule has 0 saturated carbocycles. The number of piperidine rings is 1. The van der Waals surface area contributed by atoms with E-state index in [9.17, 15) is 4.79 Å². The first-order valence-corrected chi connectivity index (χ1v) is 4.81. The fourth-order valence-corrected chi connectivity index (χ4v) is 2.40. The summed E-state index contributed by atoms with van der Waals surface area (Å²) in [6.07, 6.45) is 9.55. The number of nitrogens with one attached hydrogen (secondary N) is 2. The Labute approximate surface area is 78.3 Å². The number of amides is 1. The Bertz CT molecular complexity index is 244. The van der Waals surface area contributed by atoms with Crippen molar-refractivity contribution in [1.29, 1.82) is 0 Å². The van der Waals surface area contributed by atoms with Gasteiger partial charge in [-0.05, 0) is 31.6 Å². The molecule has 2 rings (SSSR count). The van der Waals surface area contributed by atoms with Gasteiger partial charge in [0.15, 0.2) is 0 Å². The van der Waals surface area contributed by atoms with Gasteiger partial charge in [-0.2, -0.15) is 0 Å². The van der Waals surface area contributed by atoms with E-state index in [1.165, 1.54) is 12.8 Å². The first-order chi connectivity index (χ1) is 6.28. The summed E-state index contributed by atoms with van der Waals surface area (Å²) in [5, 5.41) is 6.36. The third-order valence-electron chi connectivity index (χ3n) is 2.94. The quantitative estimate of drug-likeness (QED) is 0.556. The van der Waals surface area contributed by atoms with Gasteiger partial charge in [-0.1, -0.05) is 0 Å². The Morgan fingerprint density at radius 2 is 2.00 bits per heavy atom. The van der Waals surface area contributed by atoms with Crippen LogP contribution in [0.25, 0.3) is 0 Å². The van der Waals surface area contributed by atoms with Gasteiger partial charge in [0.25, 0.3) is 5.91 Å². The second kappa shape index (κ2) is 3.39. The third-order valence-corrected chi connectivity index (χ3v) is 2.94. The van der Waals surface area contributed by atoms with Gasteiger partial charge in [-0.25, -0.2) is 0 Å². The minimum Gasteiger partial charge on any atom is -0.342 e. The van der Waals surface area contributed by atoms with Gasteiger partial charge in [-0.15, -0.1) is 6.42 Å². The van der Waals surface area contributed by atoms with Gasteiger partial charge in [0.1, 0.15) is 0 Å². The summed E-state index contributed by atoms with van der Waals surface area (Å²) in [5.41, 5.74) is 0. The van der Waals surface area contributed by atoms with Gasteiger partial charge < -0.3 is 10.6 Å². The molecule has 70 valence electrons. The van der Waals surface area contributed by atoms with Gasteiger partial charge >= 0.3 is 0 Å². The lowest BCUT2D eigenvalue weighted by Gasteiger charge is -2.28. The molecule has 2 aliphatic heterocycles. The van der Waals surface area contributed by atoms with Crippen LogP contribution >= 0.6 is 0 Å². The van der Waals surface area contributed by atoms with Gasteiger partial charge in [0.05, 0.1) is 0 Å². The monoisotopic (exact) mass is 178 g/mol. The maximum Gasteiger partial charge on any atom is 0.295 e. The Balaban J connectivity index is 1.89. The number of carbonyl (C=O) groups is 1. The van der Waals surface area contributed by atoms with E-state index in [0.717, 1.165) is 12.8 Å². The van der Waals surface area contributed by atoms with E-state index >= 15 is 0 Å². The lowest BCUT2D eigenvalue weighted by Crippen LogP contribution is -2.47. The van der Waals surface area contributed by atoms with Gasteiger partial charge in [-0.3, -0.25) is 4.79 Å². The summed E-state index contributed by atoms with van der Waals surface area (Å²) in [5.74, 6) is 1.82. The largest absolute Gasteiger partial charge is 0.342 e. The minimum atomic E-state index is -0.272. The van der Waals surface area contributed by atoms with Crippen molar-refractivity contribution in [1.82, 2.24) is 10.6 Å². The zero-order chi connectivity index (χ0) is 9.26. The molecular formula is C10H14N2O. The van der Waals surface area contributed by atoms with Crippen molar-refractivity contribution in [2.75, 3.05) is 0 Å². The number of fused-ring (bicyclic) bond motifs is 2. The molecule has 2 saturated heterocycles. The van der Waals surface area contributed by atoms with Crippen LogP contribution in [0.15, 0.2) is 0 Å². The van der Waals surface area contributed by atoms with Crippen LogP contribution in [0.4, 0.5) is 0 Å². The smallest absolute Gasteiger partial charge is 0.295 e. The van der Waals surface area contributed by atoms with E-state index in [-0.39, 0.29) is 5.91 Å². The van der Waals surface area contributed by atoms with Crippen LogP contribution in [0, 0.1) is 12.3 Å². The van der Waals surface area contributed by atoms with E-state index in [4.69, 9.17) is 6.42 Å². The van der Waals surface area contributed by atoms with Crippen molar-refractivity contribution in [3.05, 3.63) is 0 Å². The van der Waals surface area contributed by atoms with E-state index in [1.807, 2.05) is 0 Å². The predicted molar refractivity (Wildman–Crippen MR) is 49.9 cm³/mol. The molecule has 0 aliphatic carbocycles. The minimum absolute atomic E-state index is 0.272. The molecule has 2 fully saturated rings. The Hall–Kier alpha value is -1.01. The van der Waals surface area contributed by atoms with Crippen LogP contribution < -0.4 is 10.6 Å². The summed E-state index contributed by atoms with van der Waals surface area (Å²) < 4.78 is 0. The maximum absolute atomic E-state index is 10.9. The molecule has 2 atom stereocenters. The number of carbonyl (C=O) groups excluding carboxylic acids is 1. The molecular weight excluding hydrogens is 164 g/mol. The molecule has 2 N–H and O–H groups in total. The first kappa shape index (κ1) is 8.58. The molecule has 2 unspecified atom stereocenters. The zero-order valence-corrected chi connectivity index (χ0v) is 7.55. The average Bonchev–Trinajstić information content (AvgIpc) is 2.46. The number of terminal acetylenes is 1. The fourth-order valence-electron chi connectivity index (χ4n) is 2.40. The van der Waals surface area contributed by atoms with Crippen molar-refractivity contribution in [2.45, 2.75) is 43.8 Å². The first-order valence-electron chi connectivity index (χ1n) is 4.81. The highest BCUT2D eigenvalue weighted by Gasteiger charge is 2.33. The van der Waals surface area contributed by atoms with E-state index < -0.39 is 0 Å².